The maximum atomic E-state index is 13.5. The van der Waals surface area contributed by atoms with Crippen molar-refractivity contribution in [2.45, 2.75) is 52.7 Å². The van der Waals surface area contributed by atoms with Crippen LogP contribution in [0.25, 0.3) is 0 Å². The molecule has 2 rings (SSSR count). The van der Waals surface area contributed by atoms with Gasteiger partial charge in [-0.2, -0.15) is 0 Å². The molecule has 0 aliphatic rings. The van der Waals surface area contributed by atoms with Gasteiger partial charge in [0.25, 0.3) is 0 Å². The molecule has 0 spiro atoms. The van der Waals surface area contributed by atoms with Crippen LogP contribution in [0.1, 0.15) is 38.8 Å². The second kappa shape index (κ2) is 10.6. The van der Waals surface area contributed by atoms with E-state index in [0.29, 0.717) is 10.7 Å². The summed E-state index contributed by atoms with van der Waals surface area (Å²) in [6.07, 6.45) is 1.06. The predicted molar refractivity (Wildman–Crippen MR) is 133 cm³/mol. The molecule has 1 atom stereocenters. The molecule has 33 heavy (non-hydrogen) atoms. The summed E-state index contributed by atoms with van der Waals surface area (Å²) >= 11 is 6.11. The van der Waals surface area contributed by atoms with Crippen LogP contribution in [0.2, 0.25) is 5.02 Å². The fraction of sp³-hybridized carbons (Fsp3) is 0.417. The standard InChI is InChI=1S/C24H32ClN3O4S/c1-17-9-7-12-21(13-17)28(33(6,31)32)16-22(29)27(15-19-10-8-11-20(25)14-19)18(2)23(30)26-24(3,4)5/h7-14,18H,15-16H2,1-6H3,(H,26,30)/t18-/m0/s1. The minimum Gasteiger partial charge on any atom is -0.350 e. The molecular weight excluding hydrogens is 462 g/mol. The van der Waals surface area contributed by atoms with Crippen LogP contribution in [0.15, 0.2) is 48.5 Å². The van der Waals surface area contributed by atoms with Crippen molar-refractivity contribution in [3.63, 3.8) is 0 Å². The molecule has 7 nitrogen and oxygen atoms in total. The lowest BCUT2D eigenvalue weighted by Gasteiger charge is -2.33. The highest BCUT2D eigenvalue weighted by Gasteiger charge is 2.31. The van der Waals surface area contributed by atoms with Gasteiger partial charge in [-0.3, -0.25) is 13.9 Å². The number of hydrogen-bond donors (Lipinski definition) is 1. The van der Waals surface area contributed by atoms with E-state index in [1.165, 1.54) is 4.90 Å². The summed E-state index contributed by atoms with van der Waals surface area (Å²) in [7, 11) is -3.75. The van der Waals surface area contributed by atoms with Gasteiger partial charge in [0.1, 0.15) is 12.6 Å². The van der Waals surface area contributed by atoms with Gasteiger partial charge in [0.05, 0.1) is 11.9 Å². The maximum Gasteiger partial charge on any atom is 0.244 e. The third-order valence-corrected chi connectivity index (χ3v) is 6.25. The summed E-state index contributed by atoms with van der Waals surface area (Å²) in [4.78, 5) is 27.7. The zero-order chi connectivity index (χ0) is 25.0. The zero-order valence-electron chi connectivity index (χ0n) is 19.9. The van der Waals surface area contributed by atoms with Gasteiger partial charge in [-0.25, -0.2) is 8.42 Å². The average molecular weight is 494 g/mol. The monoisotopic (exact) mass is 493 g/mol. The summed E-state index contributed by atoms with van der Waals surface area (Å²) in [6, 6.07) is 13.1. The first-order valence-corrected chi connectivity index (χ1v) is 12.8. The largest absolute Gasteiger partial charge is 0.350 e. The molecule has 0 saturated heterocycles. The van der Waals surface area contributed by atoms with Crippen LogP contribution >= 0.6 is 11.6 Å². The van der Waals surface area contributed by atoms with E-state index >= 15 is 0 Å². The van der Waals surface area contributed by atoms with Gasteiger partial charge in [-0.15, -0.1) is 0 Å². The van der Waals surface area contributed by atoms with Crippen LogP contribution in [0.4, 0.5) is 5.69 Å². The van der Waals surface area contributed by atoms with Gasteiger partial charge < -0.3 is 10.2 Å². The summed E-state index contributed by atoms with van der Waals surface area (Å²) in [5.74, 6) is -0.835. The number of anilines is 1. The van der Waals surface area contributed by atoms with E-state index in [2.05, 4.69) is 5.32 Å². The molecule has 0 unspecified atom stereocenters. The Kier molecular flexibility index (Phi) is 8.54. The maximum absolute atomic E-state index is 13.5. The lowest BCUT2D eigenvalue weighted by molar-refractivity contribution is -0.140. The lowest BCUT2D eigenvalue weighted by Crippen LogP contribution is -2.54. The fourth-order valence-electron chi connectivity index (χ4n) is 3.29. The van der Waals surface area contributed by atoms with E-state index in [1.807, 2.05) is 33.8 Å². The van der Waals surface area contributed by atoms with Crippen LogP contribution in [0.3, 0.4) is 0 Å². The summed E-state index contributed by atoms with van der Waals surface area (Å²) < 4.78 is 26.2. The smallest absolute Gasteiger partial charge is 0.244 e. The molecule has 0 heterocycles. The summed E-state index contributed by atoms with van der Waals surface area (Å²) in [5, 5.41) is 3.39. The van der Waals surface area contributed by atoms with Crippen molar-refractivity contribution in [2.75, 3.05) is 17.1 Å². The van der Waals surface area contributed by atoms with Crippen LogP contribution < -0.4 is 9.62 Å². The normalized spacial score (nSPS) is 12.7. The van der Waals surface area contributed by atoms with E-state index in [1.54, 1.807) is 49.4 Å². The number of hydrogen-bond acceptors (Lipinski definition) is 4. The molecule has 9 heteroatoms. The van der Waals surface area contributed by atoms with E-state index in [0.717, 1.165) is 21.7 Å². The first-order valence-electron chi connectivity index (χ1n) is 10.6. The number of carbonyl (C=O) groups is 2. The van der Waals surface area contributed by atoms with Gasteiger partial charge in [0, 0.05) is 17.1 Å². The van der Waals surface area contributed by atoms with Crippen molar-refractivity contribution in [1.29, 1.82) is 0 Å². The number of rotatable bonds is 8. The molecule has 0 aliphatic heterocycles. The van der Waals surface area contributed by atoms with Crippen molar-refractivity contribution < 1.29 is 18.0 Å². The highest BCUT2D eigenvalue weighted by molar-refractivity contribution is 7.92. The molecule has 0 bridgehead atoms. The number of aryl methyl sites for hydroxylation is 1. The van der Waals surface area contributed by atoms with E-state index in [4.69, 9.17) is 11.6 Å². The van der Waals surface area contributed by atoms with Crippen molar-refractivity contribution in [2.24, 2.45) is 0 Å². The van der Waals surface area contributed by atoms with Crippen LogP contribution in [-0.2, 0) is 26.2 Å². The topological polar surface area (TPSA) is 86.8 Å². The van der Waals surface area contributed by atoms with E-state index < -0.39 is 34.1 Å². The second-order valence-corrected chi connectivity index (χ2v) is 11.5. The SMILES string of the molecule is Cc1cccc(N(CC(=O)N(Cc2cccc(Cl)c2)[C@@H](C)C(=O)NC(C)(C)C)S(C)(=O)=O)c1. The molecule has 2 aromatic carbocycles. The number of halogens is 1. The molecule has 0 saturated carbocycles. The molecular formula is C24H32ClN3O4S. The van der Waals surface area contributed by atoms with Gasteiger partial charge >= 0.3 is 0 Å². The van der Waals surface area contributed by atoms with Gasteiger partial charge in [-0.05, 0) is 70.0 Å². The molecule has 2 amide bonds. The van der Waals surface area contributed by atoms with Gasteiger partial charge in [0.15, 0.2) is 0 Å². The third-order valence-electron chi connectivity index (χ3n) is 4.88. The third kappa shape index (κ3) is 8.05. The van der Waals surface area contributed by atoms with Gasteiger partial charge in [0.2, 0.25) is 21.8 Å². The Morgan fingerprint density at radius 2 is 1.73 bits per heavy atom. The van der Waals surface area contributed by atoms with E-state index in [9.17, 15) is 18.0 Å². The fourth-order valence-corrected chi connectivity index (χ4v) is 4.34. The van der Waals surface area contributed by atoms with Crippen LogP contribution in [-0.4, -0.2) is 49.5 Å². The molecule has 0 fully saturated rings. The highest BCUT2D eigenvalue weighted by atomic mass is 35.5. The Hall–Kier alpha value is -2.58. The molecule has 0 aromatic heterocycles. The predicted octanol–water partition coefficient (Wildman–Crippen LogP) is 3.75. The van der Waals surface area contributed by atoms with Gasteiger partial charge in [-0.1, -0.05) is 35.9 Å². The second-order valence-electron chi connectivity index (χ2n) is 9.18. The Bertz CT molecular complexity index is 1110. The van der Waals surface area contributed by atoms with Crippen molar-refractivity contribution in [3.8, 4) is 0 Å². The van der Waals surface area contributed by atoms with Crippen LogP contribution in [0, 0.1) is 6.92 Å². The van der Waals surface area contributed by atoms with Crippen molar-refractivity contribution in [3.05, 3.63) is 64.7 Å². The lowest BCUT2D eigenvalue weighted by atomic mass is 10.1. The minimum atomic E-state index is -3.75. The quantitative estimate of drug-likeness (QED) is 0.606. The molecule has 0 aliphatic carbocycles. The summed E-state index contributed by atoms with van der Waals surface area (Å²) in [5.41, 5.74) is 1.49. The van der Waals surface area contributed by atoms with Crippen LogP contribution in [0.5, 0.6) is 0 Å². The van der Waals surface area contributed by atoms with Crippen molar-refractivity contribution in [1.82, 2.24) is 10.2 Å². The van der Waals surface area contributed by atoms with Crippen molar-refractivity contribution >= 4 is 39.1 Å². The number of nitrogens with one attached hydrogen (secondary N) is 1. The Labute approximate surface area is 201 Å². The number of nitrogens with zero attached hydrogens (tertiary/aromatic N) is 2. The first kappa shape index (κ1) is 26.7. The minimum absolute atomic E-state index is 0.101. The Balaban J connectivity index is 2.41. The zero-order valence-corrected chi connectivity index (χ0v) is 21.5. The average Bonchev–Trinajstić information content (AvgIpc) is 2.67. The number of sulfonamides is 1. The Morgan fingerprint density at radius 3 is 2.27 bits per heavy atom. The Morgan fingerprint density at radius 1 is 1.09 bits per heavy atom. The first-order chi connectivity index (χ1) is 15.2. The number of benzene rings is 2. The number of carbonyl (C=O) groups excluding carboxylic acids is 2. The summed E-state index contributed by atoms with van der Waals surface area (Å²) in [6.45, 7) is 8.69. The highest BCUT2D eigenvalue weighted by Crippen LogP contribution is 2.21. The molecule has 0 radical (unpaired) electrons. The molecule has 180 valence electrons. The van der Waals surface area contributed by atoms with E-state index in [-0.39, 0.29) is 12.5 Å². The number of amides is 2. The molecule has 1 N–H and O–H groups in total. The molecule has 2 aromatic rings.